The summed E-state index contributed by atoms with van der Waals surface area (Å²) < 4.78 is 0. The van der Waals surface area contributed by atoms with Crippen LogP contribution in [0.4, 0.5) is 5.69 Å². The van der Waals surface area contributed by atoms with Crippen LogP contribution in [0.3, 0.4) is 0 Å². The molecule has 0 aromatic heterocycles. The van der Waals surface area contributed by atoms with Gasteiger partial charge < -0.3 is 0 Å². The minimum Gasteiger partial charge on any atom is -0.258 e. The van der Waals surface area contributed by atoms with E-state index in [1.54, 1.807) is 23.9 Å². The molecule has 0 fully saturated rings. The Bertz CT molecular complexity index is 403. The summed E-state index contributed by atoms with van der Waals surface area (Å²) in [4.78, 5) is 11.2. The lowest BCUT2D eigenvalue weighted by molar-refractivity contribution is -0.384. The Balaban J connectivity index is 2.58. The zero-order valence-electron chi connectivity index (χ0n) is 10.2. The van der Waals surface area contributed by atoms with E-state index in [0.29, 0.717) is 0 Å². The lowest BCUT2D eigenvalue weighted by atomic mass is 10.3. The third kappa shape index (κ3) is 4.75. The first kappa shape index (κ1) is 14.0. The van der Waals surface area contributed by atoms with E-state index in [9.17, 15) is 10.1 Å². The Kier molecular flexibility index (Phi) is 4.96. The van der Waals surface area contributed by atoms with E-state index in [-0.39, 0.29) is 10.6 Å². The van der Waals surface area contributed by atoms with E-state index < -0.39 is 8.07 Å². The van der Waals surface area contributed by atoms with Crippen LogP contribution in [-0.4, -0.2) is 18.4 Å². The number of nitro groups is 1. The second-order valence-corrected chi connectivity index (χ2v) is 11.3. The van der Waals surface area contributed by atoms with Crippen LogP contribution in [0.2, 0.25) is 19.1 Å². The van der Waals surface area contributed by atoms with E-state index in [1.165, 1.54) is 0 Å². The van der Waals surface area contributed by atoms with Crippen LogP contribution < -0.4 is 0 Å². The predicted molar refractivity (Wildman–Crippen MR) is 76.3 cm³/mol. The quantitative estimate of drug-likeness (QED) is 0.256. The van der Waals surface area contributed by atoms with Crippen molar-refractivity contribution in [3.63, 3.8) is 0 Å². The molecule has 0 aliphatic heterocycles. The first-order chi connectivity index (χ1) is 7.94. The fourth-order valence-electron chi connectivity index (χ4n) is 1.39. The molecule has 0 unspecified atom stereocenters. The molecular weight excluding hydrogens is 250 g/mol. The highest BCUT2D eigenvalue weighted by molar-refractivity contribution is 8.01. The Hall–Kier alpha value is -1.07. The maximum Gasteiger partial charge on any atom is 0.269 e. The van der Waals surface area contributed by atoms with Crippen LogP contribution in [0, 0.1) is 10.1 Å². The van der Waals surface area contributed by atoms with Gasteiger partial charge in [0.1, 0.15) is 0 Å². The number of non-ortho nitro benzene ring substituents is 1. The number of thioether (sulfide) groups is 1. The van der Waals surface area contributed by atoms with Gasteiger partial charge in [0.2, 0.25) is 0 Å². The van der Waals surface area contributed by atoms with Crippen LogP contribution in [0.15, 0.2) is 41.8 Å². The normalized spacial score (nSPS) is 11.2. The second-order valence-electron chi connectivity index (χ2n) is 4.70. The van der Waals surface area contributed by atoms with Gasteiger partial charge in [-0.15, -0.1) is 18.3 Å². The van der Waals surface area contributed by atoms with E-state index in [0.717, 1.165) is 16.3 Å². The van der Waals surface area contributed by atoms with E-state index >= 15 is 0 Å². The number of allylic oxidation sites excluding steroid dienone is 1. The molecule has 0 spiro atoms. The summed E-state index contributed by atoms with van der Waals surface area (Å²) in [7, 11) is -1.21. The number of nitro benzene ring substituents is 1. The van der Waals surface area contributed by atoms with Gasteiger partial charge in [0.05, 0.1) is 13.0 Å². The Labute approximate surface area is 107 Å². The van der Waals surface area contributed by atoms with Gasteiger partial charge in [-0.3, -0.25) is 10.1 Å². The summed E-state index contributed by atoms with van der Waals surface area (Å²) in [5.41, 5.74) is 0.150. The van der Waals surface area contributed by atoms with Gasteiger partial charge in [0.15, 0.2) is 0 Å². The Morgan fingerprint density at radius 1 is 1.41 bits per heavy atom. The van der Waals surface area contributed by atoms with Crippen molar-refractivity contribution in [2.24, 2.45) is 0 Å². The Morgan fingerprint density at radius 2 is 2.00 bits per heavy atom. The molecule has 1 aromatic rings. The van der Waals surface area contributed by atoms with Crippen molar-refractivity contribution in [2.45, 2.75) is 24.0 Å². The largest absolute Gasteiger partial charge is 0.269 e. The zero-order valence-corrected chi connectivity index (χ0v) is 12.0. The smallest absolute Gasteiger partial charge is 0.258 e. The van der Waals surface area contributed by atoms with Crippen molar-refractivity contribution in [1.29, 1.82) is 0 Å². The standard InChI is InChI=1S/C12H17NO2SSi/c1-4-9-17(2,3)10-16-12-7-5-11(6-8-12)13(14)15/h4-8H,1,9-10H2,2-3H3. The predicted octanol–water partition coefficient (Wildman–Crippen LogP) is 4.12. The highest BCUT2D eigenvalue weighted by Gasteiger charge is 2.18. The molecule has 1 rings (SSSR count). The highest BCUT2D eigenvalue weighted by Crippen LogP contribution is 2.25. The van der Waals surface area contributed by atoms with E-state index in [4.69, 9.17) is 0 Å². The third-order valence-corrected chi connectivity index (χ3v) is 8.08. The maximum atomic E-state index is 10.5. The fraction of sp³-hybridized carbons (Fsp3) is 0.333. The molecule has 0 heterocycles. The number of benzene rings is 1. The van der Waals surface area contributed by atoms with E-state index in [2.05, 4.69) is 19.7 Å². The molecule has 3 nitrogen and oxygen atoms in total. The summed E-state index contributed by atoms with van der Waals surface area (Å²) in [5.74, 6) is 0. The average Bonchev–Trinajstić information content (AvgIpc) is 2.27. The van der Waals surface area contributed by atoms with Gasteiger partial charge in [-0.05, 0) is 23.6 Å². The minimum atomic E-state index is -1.21. The third-order valence-electron chi connectivity index (χ3n) is 2.37. The molecule has 0 radical (unpaired) electrons. The van der Waals surface area contributed by atoms with Crippen LogP contribution >= 0.6 is 11.8 Å². The van der Waals surface area contributed by atoms with Crippen molar-refractivity contribution >= 4 is 25.5 Å². The monoisotopic (exact) mass is 267 g/mol. The summed E-state index contributed by atoms with van der Waals surface area (Å²) >= 11 is 1.78. The summed E-state index contributed by atoms with van der Waals surface area (Å²) in [6, 6.07) is 7.87. The molecule has 0 N–H and O–H groups in total. The molecular formula is C12H17NO2SSi. The molecule has 5 heteroatoms. The summed E-state index contributed by atoms with van der Waals surface area (Å²) in [6.45, 7) is 8.44. The van der Waals surface area contributed by atoms with Crippen LogP contribution in [0.25, 0.3) is 0 Å². The molecule has 0 aliphatic carbocycles. The van der Waals surface area contributed by atoms with Crippen molar-refractivity contribution in [3.8, 4) is 0 Å². The Morgan fingerprint density at radius 3 is 2.47 bits per heavy atom. The first-order valence-corrected chi connectivity index (χ1v) is 9.83. The topological polar surface area (TPSA) is 43.1 Å². The molecule has 92 valence electrons. The van der Waals surface area contributed by atoms with Gasteiger partial charge in [-0.1, -0.05) is 19.2 Å². The van der Waals surface area contributed by atoms with E-state index in [1.807, 2.05) is 18.2 Å². The maximum absolute atomic E-state index is 10.5. The van der Waals surface area contributed by atoms with Crippen molar-refractivity contribution < 1.29 is 4.92 Å². The molecule has 17 heavy (non-hydrogen) atoms. The molecule has 0 saturated carbocycles. The van der Waals surface area contributed by atoms with Crippen molar-refractivity contribution in [1.82, 2.24) is 0 Å². The molecule has 0 bridgehead atoms. The molecule has 1 aromatic carbocycles. The van der Waals surface area contributed by atoms with Crippen molar-refractivity contribution in [2.75, 3.05) is 5.38 Å². The lowest BCUT2D eigenvalue weighted by Gasteiger charge is -2.19. The van der Waals surface area contributed by atoms with Gasteiger partial charge in [-0.25, -0.2) is 0 Å². The molecule has 0 saturated heterocycles. The van der Waals surface area contributed by atoms with Crippen LogP contribution in [0.5, 0.6) is 0 Å². The molecule has 0 atom stereocenters. The second kappa shape index (κ2) is 6.02. The average molecular weight is 267 g/mol. The first-order valence-electron chi connectivity index (χ1n) is 5.43. The summed E-state index contributed by atoms with van der Waals surface area (Å²) in [6.07, 6.45) is 1.99. The number of rotatable bonds is 6. The van der Waals surface area contributed by atoms with Gasteiger partial charge in [0, 0.05) is 17.0 Å². The number of hydrogen-bond donors (Lipinski definition) is 0. The van der Waals surface area contributed by atoms with Gasteiger partial charge in [0.25, 0.3) is 5.69 Å². The summed E-state index contributed by atoms with van der Waals surface area (Å²) in [5, 5.41) is 11.6. The molecule has 0 amide bonds. The zero-order chi connectivity index (χ0) is 12.9. The number of hydrogen-bond acceptors (Lipinski definition) is 3. The lowest BCUT2D eigenvalue weighted by Crippen LogP contribution is -2.28. The SMILES string of the molecule is C=CC[Si](C)(C)CSc1ccc([N+](=O)[O-])cc1. The van der Waals surface area contributed by atoms with Crippen molar-refractivity contribution in [3.05, 3.63) is 47.0 Å². The minimum absolute atomic E-state index is 0.150. The molecule has 0 aliphatic rings. The van der Waals surface area contributed by atoms with Crippen LogP contribution in [-0.2, 0) is 0 Å². The van der Waals surface area contributed by atoms with Gasteiger partial charge >= 0.3 is 0 Å². The highest BCUT2D eigenvalue weighted by atomic mass is 32.2. The fourth-order valence-corrected chi connectivity index (χ4v) is 5.20. The van der Waals surface area contributed by atoms with Crippen LogP contribution in [0.1, 0.15) is 0 Å². The number of nitrogens with zero attached hydrogens (tertiary/aromatic N) is 1. The van der Waals surface area contributed by atoms with Gasteiger partial charge in [-0.2, -0.15) is 0 Å².